The van der Waals surface area contributed by atoms with Crippen molar-refractivity contribution >= 4 is 29.3 Å². The minimum absolute atomic E-state index is 0.0282. The molecule has 0 radical (unpaired) electrons. The summed E-state index contributed by atoms with van der Waals surface area (Å²) in [6, 6.07) is 9.34. The largest absolute Gasteiger partial charge is 0.447 e. The van der Waals surface area contributed by atoms with Gasteiger partial charge >= 0.3 is 6.09 Å². The summed E-state index contributed by atoms with van der Waals surface area (Å²) >= 11 is 0. The van der Waals surface area contributed by atoms with Crippen LogP contribution in [-0.4, -0.2) is 37.6 Å². The maximum absolute atomic E-state index is 13.6. The van der Waals surface area contributed by atoms with Gasteiger partial charge in [-0.05, 0) is 30.3 Å². The van der Waals surface area contributed by atoms with Gasteiger partial charge < -0.3 is 15.4 Å². The van der Waals surface area contributed by atoms with Gasteiger partial charge in [0.25, 0.3) is 5.91 Å². The highest BCUT2D eigenvalue weighted by Crippen LogP contribution is 2.22. The zero-order chi connectivity index (χ0) is 20.1. The van der Waals surface area contributed by atoms with Crippen LogP contribution in [0.25, 0.3) is 0 Å². The molecular formula is C19H17F2N3O4. The summed E-state index contributed by atoms with van der Waals surface area (Å²) < 4.78 is 31.3. The standard InChI is InChI=1S/C19H17F2N3O4/c20-12-4-5-15(16(21)10-12)18(26)22-7-6-17(25)23-13-2-1-3-14(11-13)24-8-9-28-19(24)27/h1-5,10-11H,6-9H2,(H,22,26)(H,23,25). The molecule has 146 valence electrons. The predicted octanol–water partition coefficient (Wildman–Crippen LogP) is 2.68. The molecule has 0 unspecified atom stereocenters. The summed E-state index contributed by atoms with van der Waals surface area (Å²) in [5, 5.41) is 5.07. The minimum Gasteiger partial charge on any atom is -0.447 e. The molecule has 0 saturated carbocycles. The van der Waals surface area contributed by atoms with Gasteiger partial charge in [-0.3, -0.25) is 14.5 Å². The molecule has 1 aliphatic heterocycles. The second-order valence-corrected chi connectivity index (χ2v) is 5.99. The van der Waals surface area contributed by atoms with Crippen LogP contribution in [0.3, 0.4) is 0 Å². The Morgan fingerprint density at radius 3 is 2.68 bits per heavy atom. The Bertz CT molecular complexity index is 920. The topological polar surface area (TPSA) is 87.7 Å². The van der Waals surface area contributed by atoms with Crippen LogP contribution < -0.4 is 15.5 Å². The number of anilines is 2. The fourth-order valence-corrected chi connectivity index (χ4v) is 2.66. The van der Waals surface area contributed by atoms with E-state index in [1.807, 2.05) is 0 Å². The molecule has 9 heteroatoms. The van der Waals surface area contributed by atoms with Crippen molar-refractivity contribution in [1.29, 1.82) is 0 Å². The number of carbonyl (C=O) groups excluding carboxylic acids is 3. The quantitative estimate of drug-likeness (QED) is 0.795. The van der Waals surface area contributed by atoms with E-state index >= 15 is 0 Å². The van der Waals surface area contributed by atoms with Gasteiger partial charge in [0.15, 0.2) is 0 Å². The van der Waals surface area contributed by atoms with Gasteiger partial charge in [0.05, 0.1) is 12.1 Å². The highest BCUT2D eigenvalue weighted by Gasteiger charge is 2.23. The molecule has 2 aromatic carbocycles. The van der Waals surface area contributed by atoms with Crippen molar-refractivity contribution in [1.82, 2.24) is 5.32 Å². The summed E-state index contributed by atoms with van der Waals surface area (Å²) in [6.45, 7) is 0.714. The van der Waals surface area contributed by atoms with E-state index in [2.05, 4.69) is 10.6 Å². The Morgan fingerprint density at radius 1 is 1.14 bits per heavy atom. The Hall–Kier alpha value is -3.49. The van der Waals surface area contributed by atoms with Gasteiger partial charge in [0.2, 0.25) is 5.91 Å². The Labute approximate surface area is 159 Å². The van der Waals surface area contributed by atoms with E-state index in [1.54, 1.807) is 24.3 Å². The second-order valence-electron chi connectivity index (χ2n) is 5.99. The Balaban J connectivity index is 1.50. The number of nitrogens with zero attached hydrogens (tertiary/aromatic N) is 1. The molecular weight excluding hydrogens is 372 g/mol. The van der Waals surface area contributed by atoms with Gasteiger partial charge in [0, 0.05) is 30.4 Å². The lowest BCUT2D eigenvalue weighted by Crippen LogP contribution is -2.28. The number of carbonyl (C=O) groups is 3. The third-order valence-corrected chi connectivity index (χ3v) is 4.02. The smallest absolute Gasteiger partial charge is 0.414 e. The fraction of sp³-hybridized carbons (Fsp3) is 0.211. The van der Waals surface area contributed by atoms with Crippen LogP contribution in [0.2, 0.25) is 0 Å². The number of hydrogen-bond donors (Lipinski definition) is 2. The average molecular weight is 389 g/mol. The number of amides is 3. The van der Waals surface area contributed by atoms with E-state index < -0.39 is 23.6 Å². The number of nitrogens with one attached hydrogen (secondary N) is 2. The molecule has 0 bridgehead atoms. The lowest BCUT2D eigenvalue weighted by molar-refractivity contribution is -0.116. The lowest BCUT2D eigenvalue weighted by Gasteiger charge is -2.14. The first-order chi connectivity index (χ1) is 13.4. The molecule has 3 amide bonds. The fourth-order valence-electron chi connectivity index (χ4n) is 2.66. The van der Waals surface area contributed by atoms with Crippen LogP contribution in [0.4, 0.5) is 25.0 Å². The zero-order valence-electron chi connectivity index (χ0n) is 14.7. The van der Waals surface area contributed by atoms with Gasteiger partial charge in [-0.2, -0.15) is 0 Å². The molecule has 0 aliphatic carbocycles. The van der Waals surface area contributed by atoms with E-state index in [0.29, 0.717) is 30.6 Å². The number of cyclic esters (lactones) is 1. The van der Waals surface area contributed by atoms with Crippen molar-refractivity contribution in [2.45, 2.75) is 6.42 Å². The van der Waals surface area contributed by atoms with E-state index in [9.17, 15) is 23.2 Å². The third kappa shape index (κ3) is 4.61. The summed E-state index contributed by atoms with van der Waals surface area (Å²) in [5.74, 6) is -2.86. The molecule has 1 fully saturated rings. The number of hydrogen-bond acceptors (Lipinski definition) is 4. The van der Waals surface area contributed by atoms with Crippen LogP contribution in [0.15, 0.2) is 42.5 Å². The normalized spacial score (nSPS) is 13.2. The number of ether oxygens (including phenoxy) is 1. The Kier molecular flexibility index (Phi) is 5.83. The highest BCUT2D eigenvalue weighted by atomic mass is 19.1. The Morgan fingerprint density at radius 2 is 1.96 bits per heavy atom. The minimum atomic E-state index is -0.973. The van der Waals surface area contributed by atoms with E-state index in [-0.39, 0.29) is 24.4 Å². The summed E-state index contributed by atoms with van der Waals surface area (Å²) in [6.07, 6.45) is -0.496. The molecule has 7 nitrogen and oxygen atoms in total. The van der Waals surface area contributed by atoms with Crippen LogP contribution in [0, 0.1) is 11.6 Å². The predicted molar refractivity (Wildman–Crippen MR) is 97.1 cm³/mol. The molecule has 2 N–H and O–H groups in total. The van der Waals surface area contributed by atoms with E-state index in [1.165, 1.54) is 4.90 Å². The van der Waals surface area contributed by atoms with Crippen molar-refractivity contribution in [2.24, 2.45) is 0 Å². The summed E-state index contributed by atoms with van der Waals surface area (Å²) in [7, 11) is 0. The molecule has 1 saturated heterocycles. The zero-order valence-corrected chi connectivity index (χ0v) is 14.7. The maximum Gasteiger partial charge on any atom is 0.414 e. The number of halogens is 2. The SMILES string of the molecule is O=C(CCNC(=O)c1ccc(F)cc1F)Nc1cccc(N2CCOC2=O)c1. The first-order valence-electron chi connectivity index (χ1n) is 8.51. The first-order valence-corrected chi connectivity index (χ1v) is 8.51. The molecule has 1 heterocycles. The van der Waals surface area contributed by atoms with Gasteiger partial charge in [-0.25, -0.2) is 13.6 Å². The van der Waals surface area contributed by atoms with E-state index in [4.69, 9.17) is 4.74 Å². The number of benzene rings is 2. The molecule has 1 aliphatic rings. The maximum atomic E-state index is 13.6. The van der Waals surface area contributed by atoms with Crippen molar-refractivity contribution in [3.05, 3.63) is 59.7 Å². The third-order valence-electron chi connectivity index (χ3n) is 4.02. The first kappa shape index (κ1) is 19.3. The summed E-state index contributed by atoms with van der Waals surface area (Å²) in [4.78, 5) is 37.0. The van der Waals surface area contributed by atoms with E-state index in [0.717, 1.165) is 12.1 Å². The van der Waals surface area contributed by atoms with Crippen molar-refractivity contribution in [3.63, 3.8) is 0 Å². The van der Waals surface area contributed by atoms with Gasteiger partial charge in [0.1, 0.15) is 18.2 Å². The molecule has 0 atom stereocenters. The van der Waals surface area contributed by atoms with Crippen LogP contribution in [-0.2, 0) is 9.53 Å². The van der Waals surface area contributed by atoms with Crippen LogP contribution in [0.1, 0.15) is 16.8 Å². The van der Waals surface area contributed by atoms with Gasteiger partial charge in [-0.1, -0.05) is 6.07 Å². The highest BCUT2D eigenvalue weighted by molar-refractivity contribution is 5.96. The van der Waals surface area contributed by atoms with Gasteiger partial charge in [-0.15, -0.1) is 0 Å². The average Bonchev–Trinajstić information content (AvgIpc) is 3.07. The number of rotatable bonds is 6. The molecule has 0 spiro atoms. The molecule has 3 rings (SSSR count). The van der Waals surface area contributed by atoms with Crippen LogP contribution in [0.5, 0.6) is 0 Å². The molecule has 28 heavy (non-hydrogen) atoms. The van der Waals surface area contributed by atoms with Crippen molar-refractivity contribution < 1.29 is 27.9 Å². The summed E-state index contributed by atoms with van der Waals surface area (Å²) in [5.41, 5.74) is 0.783. The molecule has 2 aromatic rings. The lowest BCUT2D eigenvalue weighted by atomic mass is 10.2. The second kappa shape index (κ2) is 8.47. The molecule has 0 aromatic heterocycles. The van der Waals surface area contributed by atoms with Crippen LogP contribution >= 0.6 is 0 Å². The monoisotopic (exact) mass is 389 g/mol. The van der Waals surface area contributed by atoms with Crippen molar-refractivity contribution in [2.75, 3.05) is 29.9 Å². The van der Waals surface area contributed by atoms with Crippen molar-refractivity contribution in [3.8, 4) is 0 Å².